The molecule has 94 valence electrons. The number of carboxylic acid groups (broad SMARTS) is 1. The monoisotopic (exact) mass is 238 g/mol. The molecule has 1 aromatic rings. The summed E-state index contributed by atoms with van der Waals surface area (Å²) in [7, 11) is 3.66. The summed E-state index contributed by atoms with van der Waals surface area (Å²) in [6.07, 6.45) is 2.06. The van der Waals surface area contributed by atoms with E-state index in [0.717, 1.165) is 0 Å². The maximum atomic E-state index is 11.2. The molecule has 0 aliphatic carbocycles. The average Bonchev–Trinajstić information content (AvgIpc) is 2.29. The molecule has 1 aromatic heterocycles. The Hall–Kier alpha value is -1.85. The van der Waals surface area contributed by atoms with Crippen LogP contribution in [-0.4, -0.2) is 40.7 Å². The summed E-state index contributed by atoms with van der Waals surface area (Å²) in [4.78, 5) is 21.2. The van der Waals surface area contributed by atoms with Crippen molar-refractivity contribution in [3.8, 4) is 0 Å². The highest BCUT2D eigenvalue weighted by Gasteiger charge is 2.31. The zero-order valence-corrected chi connectivity index (χ0v) is 10.6. The van der Waals surface area contributed by atoms with Gasteiger partial charge in [-0.15, -0.1) is 0 Å². The van der Waals surface area contributed by atoms with Crippen molar-refractivity contribution in [2.24, 2.45) is 0 Å². The van der Waals surface area contributed by atoms with Crippen molar-refractivity contribution < 1.29 is 9.90 Å². The van der Waals surface area contributed by atoms with Gasteiger partial charge in [0.15, 0.2) is 0 Å². The van der Waals surface area contributed by atoms with Crippen LogP contribution < -0.4 is 10.2 Å². The highest BCUT2D eigenvalue weighted by atomic mass is 16.4. The Labute approximate surface area is 101 Å². The molecule has 0 bridgehead atoms. The molecule has 6 nitrogen and oxygen atoms in total. The molecule has 0 radical (unpaired) electrons. The third-order valence-corrected chi connectivity index (χ3v) is 2.63. The first kappa shape index (κ1) is 13.2. The van der Waals surface area contributed by atoms with Gasteiger partial charge in [0.25, 0.3) is 0 Å². The minimum atomic E-state index is -1.02. The maximum absolute atomic E-state index is 11.2. The fourth-order valence-electron chi connectivity index (χ4n) is 1.21. The summed E-state index contributed by atoms with van der Waals surface area (Å²) in [5.74, 6) is 0.152. The molecule has 0 aliphatic heterocycles. The fraction of sp³-hybridized carbons (Fsp3) is 0.545. The highest BCUT2D eigenvalue weighted by molar-refractivity contribution is 5.81. The number of carbonyl (C=O) groups is 1. The third-order valence-electron chi connectivity index (χ3n) is 2.63. The summed E-state index contributed by atoms with van der Waals surface area (Å²) >= 11 is 0. The van der Waals surface area contributed by atoms with Crippen LogP contribution in [0.15, 0.2) is 12.3 Å². The Morgan fingerprint density at radius 2 is 2.24 bits per heavy atom. The summed E-state index contributed by atoms with van der Waals surface area (Å²) in [5.41, 5.74) is -1.02. The predicted molar refractivity (Wildman–Crippen MR) is 66.3 cm³/mol. The van der Waals surface area contributed by atoms with Crippen molar-refractivity contribution in [1.29, 1.82) is 0 Å². The lowest BCUT2D eigenvalue weighted by Crippen LogP contribution is -2.43. The first-order chi connectivity index (χ1) is 7.89. The quantitative estimate of drug-likeness (QED) is 0.802. The van der Waals surface area contributed by atoms with Crippen LogP contribution in [-0.2, 0) is 4.79 Å². The van der Waals surface area contributed by atoms with Crippen molar-refractivity contribution >= 4 is 17.7 Å². The Morgan fingerprint density at radius 3 is 2.71 bits per heavy atom. The Bertz CT molecular complexity index is 408. The van der Waals surface area contributed by atoms with Crippen molar-refractivity contribution in [3.05, 3.63) is 12.3 Å². The summed E-state index contributed by atoms with van der Waals surface area (Å²) < 4.78 is 0. The van der Waals surface area contributed by atoms with E-state index in [1.807, 2.05) is 21.0 Å². The molecule has 6 heteroatoms. The van der Waals surface area contributed by atoms with E-state index in [1.165, 1.54) is 0 Å². The number of hydrogen-bond donors (Lipinski definition) is 2. The number of nitrogens with one attached hydrogen (secondary N) is 1. The van der Waals surface area contributed by atoms with Gasteiger partial charge in [-0.05, 0) is 19.4 Å². The minimum absolute atomic E-state index is 0.462. The number of aliphatic carboxylic acids is 1. The SMILES string of the molecule is CCC(C)(Nc1ccnc(N(C)C)n1)C(=O)O. The lowest BCUT2D eigenvalue weighted by atomic mass is 9.99. The van der Waals surface area contributed by atoms with Crippen LogP contribution in [0.5, 0.6) is 0 Å². The van der Waals surface area contributed by atoms with Gasteiger partial charge in [0, 0.05) is 20.3 Å². The van der Waals surface area contributed by atoms with Crippen LogP contribution >= 0.6 is 0 Å². The van der Waals surface area contributed by atoms with Gasteiger partial charge in [-0.25, -0.2) is 9.78 Å². The summed E-state index contributed by atoms with van der Waals surface area (Å²) in [6, 6.07) is 1.66. The van der Waals surface area contributed by atoms with E-state index in [0.29, 0.717) is 18.2 Å². The summed E-state index contributed by atoms with van der Waals surface area (Å²) in [5, 5.41) is 12.1. The molecule has 0 aromatic carbocycles. The topological polar surface area (TPSA) is 78.4 Å². The lowest BCUT2D eigenvalue weighted by Gasteiger charge is -2.25. The molecule has 0 saturated carbocycles. The molecule has 17 heavy (non-hydrogen) atoms. The standard InChI is InChI=1S/C11H18N4O2/c1-5-11(2,9(16)17)14-8-6-7-12-10(13-8)15(3)4/h6-7H,5H2,1-4H3,(H,16,17)(H,12,13,14). The smallest absolute Gasteiger partial charge is 0.329 e. The van der Waals surface area contributed by atoms with E-state index >= 15 is 0 Å². The second kappa shape index (κ2) is 4.99. The zero-order chi connectivity index (χ0) is 13.1. The molecule has 2 N–H and O–H groups in total. The Kier molecular flexibility index (Phi) is 3.88. The van der Waals surface area contributed by atoms with E-state index in [4.69, 9.17) is 5.11 Å². The van der Waals surface area contributed by atoms with Crippen LogP contribution in [0.2, 0.25) is 0 Å². The molecule has 0 saturated heterocycles. The lowest BCUT2D eigenvalue weighted by molar-refractivity contribution is -0.141. The Morgan fingerprint density at radius 1 is 1.59 bits per heavy atom. The van der Waals surface area contributed by atoms with Gasteiger partial charge in [0.2, 0.25) is 5.95 Å². The third kappa shape index (κ3) is 3.05. The van der Waals surface area contributed by atoms with E-state index in [1.54, 1.807) is 24.1 Å². The zero-order valence-electron chi connectivity index (χ0n) is 10.6. The molecule has 0 fully saturated rings. The molecule has 0 amide bonds. The van der Waals surface area contributed by atoms with Crippen molar-refractivity contribution in [2.75, 3.05) is 24.3 Å². The minimum Gasteiger partial charge on any atom is -0.480 e. The van der Waals surface area contributed by atoms with Crippen LogP contribution in [0, 0.1) is 0 Å². The molecule has 1 rings (SSSR count). The fourth-order valence-corrected chi connectivity index (χ4v) is 1.21. The molecular weight excluding hydrogens is 220 g/mol. The van der Waals surface area contributed by atoms with Gasteiger partial charge in [-0.2, -0.15) is 4.98 Å². The van der Waals surface area contributed by atoms with E-state index < -0.39 is 11.5 Å². The molecule has 1 atom stereocenters. The number of anilines is 2. The van der Waals surface area contributed by atoms with Crippen LogP contribution in [0.25, 0.3) is 0 Å². The maximum Gasteiger partial charge on any atom is 0.329 e. The number of nitrogens with zero attached hydrogens (tertiary/aromatic N) is 3. The second-order valence-corrected chi connectivity index (χ2v) is 4.25. The number of hydrogen-bond acceptors (Lipinski definition) is 5. The van der Waals surface area contributed by atoms with Gasteiger partial charge in [0.1, 0.15) is 11.4 Å². The Balaban J connectivity index is 2.94. The van der Waals surface area contributed by atoms with Crippen LogP contribution in [0.1, 0.15) is 20.3 Å². The normalized spacial score (nSPS) is 13.9. The summed E-state index contributed by atoms with van der Waals surface area (Å²) in [6.45, 7) is 3.45. The molecule has 1 heterocycles. The van der Waals surface area contributed by atoms with Crippen LogP contribution in [0.4, 0.5) is 11.8 Å². The average molecular weight is 238 g/mol. The van der Waals surface area contributed by atoms with Gasteiger partial charge in [0.05, 0.1) is 0 Å². The first-order valence-corrected chi connectivity index (χ1v) is 5.41. The van der Waals surface area contributed by atoms with E-state index in [9.17, 15) is 4.79 Å². The van der Waals surface area contributed by atoms with Crippen LogP contribution in [0.3, 0.4) is 0 Å². The number of rotatable bonds is 5. The highest BCUT2D eigenvalue weighted by Crippen LogP contribution is 2.18. The predicted octanol–water partition coefficient (Wildman–Crippen LogP) is 1.21. The van der Waals surface area contributed by atoms with Gasteiger partial charge >= 0.3 is 5.97 Å². The number of carboxylic acids is 1. The van der Waals surface area contributed by atoms with Crippen molar-refractivity contribution in [2.45, 2.75) is 25.8 Å². The molecular formula is C11H18N4O2. The second-order valence-electron chi connectivity index (χ2n) is 4.25. The number of aromatic nitrogens is 2. The van der Waals surface area contributed by atoms with Gasteiger partial charge in [-0.1, -0.05) is 6.92 Å². The largest absolute Gasteiger partial charge is 0.480 e. The molecule has 0 aliphatic rings. The molecule has 0 spiro atoms. The molecule has 1 unspecified atom stereocenters. The van der Waals surface area contributed by atoms with E-state index in [-0.39, 0.29) is 0 Å². The van der Waals surface area contributed by atoms with Gasteiger partial charge < -0.3 is 15.3 Å². The van der Waals surface area contributed by atoms with Crippen molar-refractivity contribution in [1.82, 2.24) is 9.97 Å². The van der Waals surface area contributed by atoms with E-state index in [2.05, 4.69) is 15.3 Å². The first-order valence-electron chi connectivity index (χ1n) is 5.41. The van der Waals surface area contributed by atoms with Crippen molar-refractivity contribution in [3.63, 3.8) is 0 Å². The van der Waals surface area contributed by atoms with Gasteiger partial charge in [-0.3, -0.25) is 0 Å².